The summed E-state index contributed by atoms with van der Waals surface area (Å²) in [5, 5.41) is 3.13. The Bertz CT molecular complexity index is 1280. The van der Waals surface area contributed by atoms with Crippen LogP contribution in [0.3, 0.4) is 0 Å². The van der Waals surface area contributed by atoms with Gasteiger partial charge >= 0.3 is 0 Å². The van der Waals surface area contributed by atoms with E-state index in [0.29, 0.717) is 35.6 Å². The highest BCUT2D eigenvalue weighted by molar-refractivity contribution is 5.91. The zero-order valence-electron chi connectivity index (χ0n) is 27.3. The van der Waals surface area contributed by atoms with E-state index in [0.717, 1.165) is 66.0 Å². The van der Waals surface area contributed by atoms with Gasteiger partial charge in [-0.15, -0.1) is 0 Å². The SMILES string of the molecule is C.Cc1ccccc1NC(=O)CC[C@@H](C)[C@H]1CCC2C3CCC4C[C@H](OC=O)CCC4(C)C3CCC21C.O=Cc1ccccc1. The third-order valence-electron chi connectivity index (χ3n) is 12.8. The number of benzene rings is 2. The van der Waals surface area contributed by atoms with Crippen molar-refractivity contribution in [3.8, 4) is 0 Å². The number of aldehydes is 1. The molecule has 4 fully saturated rings. The van der Waals surface area contributed by atoms with E-state index in [-0.39, 0.29) is 19.4 Å². The van der Waals surface area contributed by atoms with Crippen LogP contribution in [0, 0.1) is 53.3 Å². The highest BCUT2D eigenvalue weighted by Gasteiger charge is 2.60. The fourth-order valence-corrected chi connectivity index (χ4v) is 10.4. The monoisotopic (exact) mass is 615 g/mol. The van der Waals surface area contributed by atoms with Crippen LogP contribution in [-0.2, 0) is 14.3 Å². The van der Waals surface area contributed by atoms with Gasteiger partial charge in [0.25, 0.3) is 6.47 Å². The molecule has 0 spiro atoms. The molecule has 1 N–H and O–H groups in total. The predicted molar refractivity (Wildman–Crippen MR) is 183 cm³/mol. The zero-order chi connectivity index (χ0) is 31.3. The molecule has 0 aliphatic heterocycles. The van der Waals surface area contributed by atoms with E-state index in [9.17, 15) is 14.4 Å². The maximum atomic E-state index is 12.7. The zero-order valence-corrected chi connectivity index (χ0v) is 27.3. The van der Waals surface area contributed by atoms with Gasteiger partial charge in [0.15, 0.2) is 0 Å². The molecule has 45 heavy (non-hydrogen) atoms. The van der Waals surface area contributed by atoms with Gasteiger partial charge < -0.3 is 10.1 Å². The van der Waals surface area contributed by atoms with Crippen LogP contribution in [0.2, 0.25) is 0 Å². The minimum Gasteiger partial charge on any atom is -0.465 e. The largest absolute Gasteiger partial charge is 0.465 e. The van der Waals surface area contributed by atoms with Crippen LogP contribution in [0.4, 0.5) is 5.69 Å². The van der Waals surface area contributed by atoms with Gasteiger partial charge in [0.05, 0.1) is 0 Å². The van der Waals surface area contributed by atoms with Crippen LogP contribution in [0.1, 0.15) is 115 Å². The second-order valence-electron chi connectivity index (χ2n) is 14.9. The first kappa shape index (κ1) is 34.9. The molecule has 5 heteroatoms. The number of aryl methyl sites for hydroxylation is 1. The number of carbonyl (C=O) groups is 3. The fraction of sp³-hybridized carbons (Fsp3) is 0.625. The molecule has 4 aliphatic carbocycles. The lowest BCUT2D eigenvalue weighted by atomic mass is 9.44. The van der Waals surface area contributed by atoms with Crippen LogP contribution in [0.15, 0.2) is 54.6 Å². The second kappa shape index (κ2) is 15.1. The van der Waals surface area contributed by atoms with Gasteiger partial charge in [0, 0.05) is 17.7 Å². The highest BCUT2D eigenvalue weighted by atomic mass is 16.5. The highest BCUT2D eigenvalue weighted by Crippen LogP contribution is 2.68. The van der Waals surface area contributed by atoms with Crippen LogP contribution < -0.4 is 5.32 Å². The van der Waals surface area contributed by atoms with Crippen LogP contribution >= 0.6 is 0 Å². The topological polar surface area (TPSA) is 72.5 Å². The third-order valence-corrected chi connectivity index (χ3v) is 12.8. The Morgan fingerprint density at radius 3 is 2.29 bits per heavy atom. The molecule has 0 saturated heterocycles. The predicted octanol–water partition coefficient (Wildman–Crippen LogP) is 9.69. The number of nitrogens with one attached hydrogen (secondary N) is 1. The van der Waals surface area contributed by atoms with Crippen molar-refractivity contribution < 1.29 is 19.1 Å². The number of anilines is 1. The Hall–Kier alpha value is -2.95. The summed E-state index contributed by atoms with van der Waals surface area (Å²) in [5.74, 6) is 4.71. The summed E-state index contributed by atoms with van der Waals surface area (Å²) in [4.78, 5) is 33.7. The molecule has 0 bridgehead atoms. The Morgan fingerprint density at radius 1 is 0.911 bits per heavy atom. The molecule has 6 rings (SSSR count). The van der Waals surface area contributed by atoms with E-state index in [1.54, 1.807) is 12.1 Å². The molecule has 246 valence electrons. The van der Waals surface area contributed by atoms with Crippen molar-refractivity contribution in [1.29, 1.82) is 0 Å². The van der Waals surface area contributed by atoms with Crippen molar-refractivity contribution in [2.75, 3.05) is 5.32 Å². The van der Waals surface area contributed by atoms with E-state index in [2.05, 4.69) is 26.1 Å². The number of hydrogen-bond donors (Lipinski definition) is 1. The molecule has 2 aromatic carbocycles. The maximum absolute atomic E-state index is 12.7. The van der Waals surface area contributed by atoms with E-state index in [4.69, 9.17) is 4.74 Å². The molecular formula is C40H57NO4. The molecule has 4 saturated carbocycles. The molecule has 2 aromatic rings. The molecule has 4 aliphatic rings. The van der Waals surface area contributed by atoms with Gasteiger partial charge in [-0.25, -0.2) is 0 Å². The minimum atomic E-state index is 0. The quantitative estimate of drug-likeness (QED) is 0.300. The Labute approximate surface area is 272 Å². The molecule has 9 atom stereocenters. The molecular weight excluding hydrogens is 558 g/mol. The Morgan fingerprint density at radius 2 is 1.60 bits per heavy atom. The van der Waals surface area contributed by atoms with Crippen molar-refractivity contribution in [2.24, 2.45) is 46.3 Å². The van der Waals surface area contributed by atoms with Crippen LogP contribution in [0.25, 0.3) is 0 Å². The molecule has 1 amide bonds. The summed E-state index contributed by atoms with van der Waals surface area (Å²) in [6, 6.07) is 17.1. The number of ether oxygens (including phenoxy) is 1. The van der Waals surface area contributed by atoms with Crippen molar-refractivity contribution in [3.05, 3.63) is 65.7 Å². The van der Waals surface area contributed by atoms with E-state index >= 15 is 0 Å². The van der Waals surface area contributed by atoms with Gasteiger partial charge in [-0.1, -0.05) is 76.7 Å². The first-order valence-corrected chi connectivity index (χ1v) is 17.1. The first-order chi connectivity index (χ1) is 21.2. The van der Waals surface area contributed by atoms with E-state index in [1.807, 2.05) is 49.4 Å². The lowest BCUT2D eigenvalue weighted by Gasteiger charge is -2.61. The standard InChI is InChI=1S/C32H47NO3.C7H6O.CH4/c1-21(9-14-30(35)33-29-8-6-5-7-22(29)2)26-12-13-27-25-11-10-23-19-24(36-20-34)15-17-31(23,3)28(25)16-18-32(26,27)4;8-6-7-4-2-1-3-5-7;/h5-8,20-21,23-28H,9-19H2,1-4H3,(H,33,35);1-6H;1H4/t21-,23?,24-,25?,26-,27?,28?,31?,32?;;/m1../s1. The Kier molecular flexibility index (Phi) is 11.7. The number of amides is 1. The number of para-hydroxylation sites is 1. The second-order valence-corrected chi connectivity index (χ2v) is 14.9. The normalized spacial score (nSPS) is 33.8. The van der Waals surface area contributed by atoms with Gasteiger partial charge in [0.2, 0.25) is 5.91 Å². The van der Waals surface area contributed by atoms with Gasteiger partial charge in [0.1, 0.15) is 12.4 Å². The lowest BCUT2D eigenvalue weighted by Crippen LogP contribution is -2.54. The summed E-state index contributed by atoms with van der Waals surface area (Å²) in [6.45, 7) is 10.3. The molecule has 5 nitrogen and oxygen atoms in total. The van der Waals surface area contributed by atoms with E-state index < -0.39 is 0 Å². The summed E-state index contributed by atoms with van der Waals surface area (Å²) < 4.78 is 5.41. The number of carbonyl (C=O) groups excluding carboxylic acids is 3. The number of hydrogen-bond acceptors (Lipinski definition) is 4. The fourth-order valence-electron chi connectivity index (χ4n) is 10.4. The Balaban J connectivity index is 0.000000447. The van der Waals surface area contributed by atoms with Crippen LogP contribution in [-0.4, -0.2) is 24.8 Å². The van der Waals surface area contributed by atoms with Gasteiger partial charge in [-0.2, -0.15) is 0 Å². The molecule has 0 aromatic heterocycles. The van der Waals surface area contributed by atoms with Crippen LogP contribution in [0.5, 0.6) is 0 Å². The minimum absolute atomic E-state index is 0. The summed E-state index contributed by atoms with van der Waals surface area (Å²) in [7, 11) is 0. The maximum Gasteiger partial charge on any atom is 0.293 e. The van der Waals surface area contributed by atoms with Crippen molar-refractivity contribution in [2.45, 2.75) is 112 Å². The third kappa shape index (κ3) is 7.39. The van der Waals surface area contributed by atoms with Crippen molar-refractivity contribution in [3.63, 3.8) is 0 Å². The lowest BCUT2D eigenvalue weighted by molar-refractivity contribution is -0.151. The summed E-state index contributed by atoms with van der Waals surface area (Å²) in [6.07, 6.45) is 14.0. The molecule has 0 radical (unpaired) electrons. The number of fused-ring (bicyclic) bond motifs is 5. The van der Waals surface area contributed by atoms with Gasteiger partial charge in [-0.05, 0) is 129 Å². The van der Waals surface area contributed by atoms with Gasteiger partial charge in [-0.3, -0.25) is 14.4 Å². The van der Waals surface area contributed by atoms with Crippen molar-refractivity contribution in [1.82, 2.24) is 0 Å². The average Bonchev–Trinajstić information content (AvgIpc) is 3.39. The molecule has 0 heterocycles. The first-order valence-electron chi connectivity index (χ1n) is 17.1. The summed E-state index contributed by atoms with van der Waals surface area (Å²) >= 11 is 0. The molecule has 6 unspecified atom stereocenters. The van der Waals surface area contributed by atoms with E-state index in [1.165, 1.54) is 44.9 Å². The summed E-state index contributed by atoms with van der Waals surface area (Å²) in [5.41, 5.74) is 3.64. The number of rotatable bonds is 8. The smallest absolute Gasteiger partial charge is 0.293 e. The van der Waals surface area contributed by atoms with Crippen molar-refractivity contribution >= 4 is 24.4 Å². The average molecular weight is 616 g/mol.